The molecule has 2 heterocycles. The molecule has 0 spiro atoms. The van der Waals surface area contributed by atoms with Gasteiger partial charge in [0.1, 0.15) is 24.4 Å². The van der Waals surface area contributed by atoms with Crippen molar-refractivity contribution in [2.45, 2.75) is 57.3 Å². The molecule has 30 heavy (non-hydrogen) atoms. The van der Waals surface area contributed by atoms with Gasteiger partial charge in [-0.3, -0.25) is 0 Å². The van der Waals surface area contributed by atoms with Crippen molar-refractivity contribution in [2.75, 3.05) is 6.61 Å². The minimum atomic E-state index is -1.41. The number of aromatic nitrogens is 1. The van der Waals surface area contributed by atoms with Gasteiger partial charge in [0, 0.05) is 11.6 Å². The Bertz CT molecular complexity index is 1010. The first-order valence-corrected chi connectivity index (χ1v) is 10.4. The molecule has 0 radical (unpaired) electrons. The van der Waals surface area contributed by atoms with Crippen LogP contribution in [0.3, 0.4) is 0 Å². The van der Waals surface area contributed by atoms with Crippen molar-refractivity contribution >= 4 is 10.9 Å². The lowest BCUT2D eigenvalue weighted by molar-refractivity contribution is -0.250. The third-order valence-electron chi connectivity index (χ3n) is 6.11. The summed E-state index contributed by atoms with van der Waals surface area (Å²) in [7, 11) is 0. The molecule has 6 nitrogen and oxygen atoms in total. The standard InChI is InChI=1S/C24H29NO5/c1-3-15-7-9-16(10-8-15)11-17-12-25(18-6-4-5-14(2)20(17)18)24-23(29)22(28)21(27)19(13-26)30-24/h4-10,12,19,21-24,26-29H,3,11,13H2,1-2H3/t19-,21+,22+,23-,24-/m1/s1. The fraction of sp³-hybridized carbons (Fsp3) is 0.417. The second-order valence-electron chi connectivity index (χ2n) is 8.10. The lowest BCUT2D eigenvalue weighted by Gasteiger charge is -2.40. The van der Waals surface area contributed by atoms with E-state index in [1.54, 1.807) is 4.57 Å². The summed E-state index contributed by atoms with van der Waals surface area (Å²) >= 11 is 0. The number of nitrogens with zero attached hydrogens (tertiary/aromatic N) is 1. The molecular formula is C24H29NO5. The first kappa shape index (κ1) is 21.0. The number of rotatable bonds is 5. The molecular weight excluding hydrogens is 382 g/mol. The molecule has 1 aromatic heterocycles. The highest BCUT2D eigenvalue weighted by Crippen LogP contribution is 2.35. The number of ether oxygens (including phenoxy) is 1. The van der Waals surface area contributed by atoms with Crippen LogP contribution >= 0.6 is 0 Å². The molecule has 0 saturated carbocycles. The van der Waals surface area contributed by atoms with E-state index in [4.69, 9.17) is 4.74 Å². The molecule has 0 amide bonds. The van der Waals surface area contributed by atoms with Crippen LogP contribution in [0.25, 0.3) is 10.9 Å². The van der Waals surface area contributed by atoms with E-state index in [0.717, 1.165) is 34.9 Å². The van der Waals surface area contributed by atoms with E-state index in [1.807, 2.05) is 31.3 Å². The Morgan fingerprint density at radius 2 is 1.63 bits per heavy atom. The number of hydrogen-bond donors (Lipinski definition) is 4. The first-order valence-electron chi connectivity index (χ1n) is 10.4. The van der Waals surface area contributed by atoms with Crippen molar-refractivity contribution < 1.29 is 25.2 Å². The summed E-state index contributed by atoms with van der Waals surface area (Å²) in [6.07, 6.45) is -2.31. The van der Waals surface area contributed by atoms with Crippen LogP contribution in [-0.2, 0) is 17.6 Å². The molecule has 1 aliphatic heterocycles. The van der Waals surface area contributed by atoms with E-state index in [0.29, 0.717) is 0 Å². The van der Waals surface area contributed by atoms with Crippen molar-refractivity contribution in [3.05, 3.63) is 70.9 Å². The molecule has 0 unspecified atom stereocenters. The molecule has 4 rings (SSSR count). The third-order valence-corrected chi connectivity index (χ3v) is 6.11. The van der Waals surface area contributed by atoms with Crippen LogP contribution in [-0.4, -0.2) is 56.0 Å². The average molecular weight is 411 g/mol. The Morgan fingerprint density at radius 3 is 2.30 bits per heavy atom. The maximum absolute atomic E-state index is 10.6. The number of aliphatic hydroxyl groups is 4. The monoisotopic (exact) mass is 411 g/mol. The lowest BCUT2D eigenvalue weighted by atomic mass is 9.98. The molecule has 1 saturated heterocycles. The van der Waals surface area contributed by atoms with Crippen LogP contribution < -0.4 is 0 Å². The quantitative estimate of drug-likeness (QED) is 0.516. The average Bonchev–Trinajstić information content (AvgIpc) is 3.12. The highest BCUT2D eigenvalue weighted by atomic mass is 16.6. The summed E-state index contributed by atoms with van der Waals surface area (Å²) in [5, 5.41) is 41.6. The van der Waals surface area contributed by atoms with Crippen LogP contribution in [0.2, 0.25) is 0 Å². The maximum atomic E-state index is 10.6. The van der Waals surface area contributed by atoms with Gasteiger partial charge in [-0.05, 0) is 48.1 Å². The normalized spacial score (nSPS) is 26.9. The van der Waals surface area contributed by atoms with Gasteiger partial charge in [0.05, 0.1) is 12.1 Å². The molecule has 2 aromatic carbocycles. The van der Waals surface area contributed by atoms with Gasteiger partial charge in [-0.2, -0.15) is 0 Å². The van der Waals surface area contributed by atoms with Gasteiger partial charge in [-0.1, -0.05) is 43.3 Å². The van der Waals surface area contributed by atoms with Gasteiger partial charge in [-0.15, -0.1) is 0 Å². The Kier molecular flexibility index (Phi) is 5.95. The largest absolute Gasteiger partial charge is 0.394 e. The molecule has 3 aromatic rings. The second kappa shape index (κ2) is 8.49. The molecule has 4 N–H and O–H groups in total. The predicted octanol–water partition coefficient (Wildman–Crippen LogP) is 2.08. The van der Waals surface area contributed by atoms with Crippen LogP contribution in [0.1, 0.15) is 35.4 Å². The molecule has 0 aliphatic carbocycles. The molecule has 1 fully saturated rings. The highest BCUT2D eigenvalue weighted by Gasteiger charge is 2.44. The SMILES string of the molecule is CCc1ccc(Cc2cn([C@@H]3O[C@H](CO)[C@H](O)[C@H](O)[C@H]3O)c3cccc(C)c23)cc1. The van der Waals surface area contributed by atoms with Crippen molar-refractivity contribution in [3.8, 4) is 0 Å². The summed E-state index contributed by atoms with van der Waals surface area (Å²) in [5.41, 5.74) is 5.54. The smallest absolute Gasteiger partial charge is 0.163 e. The number of aliphatic hydroxyl groups excluding tert-OH is 4. The van der Waals surface area contributed by atoms with Gasteiger partial charge < -0.3 is 29.7 Å². The van der Waals surface area contributed by atoms with Crippen molar-refractivity contribution in [1.29, 1.82) is 0 Å². The Balaban J connectivity index is 1.76. The van der Waals surface area contributed by atoms with Gasteiger partial charge in [0.2, 0.25) is 0 Å². The number of benzene rings is 2. The van der Waals surface area contributed by atoms with Gasteiger partial charge in [0.25, 0.3) is 0 Å². The van der Waals surface area contributed by atoms with E-state index < -0.39 is 37.3 Å². The fourth-order valence-electron chi connectivity index (χ4n) is 4.36. The van der Waals surface area contributed by atoms with Crippen LogP contribution in [0, 0.1) is 6.92 Å². The summed E-state index contributed by atoms with van der Waals surface area (Å²) in [6, 6.07) is 14.5. The van der Waals surface area contributed by atoms with Gasteiger partial charge in [0.15, 0.2) is 6.23 Å². The molecule has 1 aliphatic rings. The highest BCUT2D eigenvalue weighted by molar-refractivity contribution is 5.87. The number of hydrogen-bond acceptors (Lipinski definition) is 5. The second-order valence-corrected chi connectivity index (χ2v) is 8.10. The van der Waals surface area contributed by atoms with Crippen LogP contribution in [0.5, 0.6) is 0 Å². The minimum absolute atomic E-state index is 0.448. The molecule has 6 heteroatoms. The van der Waals surface area contributed by atoms with Crippen LogP contribution in [0.4, 0.5) is 0 Å². The zero-order valence-corrected chi connectivity index (χ0v) is 17.3. The van der Waals surface area contributed by atoms with Gasteiger partial charge >= 0.3 is 0 Å². The first-order chi connectivity index (χ1) is 14.4. The summed E-state index contributed by atoms with van der Waals surface area (Å²) in [5.74, 6) is 0. The van der Waals surface area contributed by atoms with E-state index in [1.165, 1.54) is 11.1 Å². The van der Waals surface area contributed by atoms with E-state index >= 15 is 0 Å². The molecule has 160 valence electrons. The predicted molar refractivity (Wildman–Crippen MR) is 114 cm³/mol. The fourth-order valence-corrected chi connectivity index (χ4v) is 4.36. The van der Waals surface area contributed by atoms with Gasteiger partial charge in [-0.25, -0.2) is 0 Å². The van der Waals surface area contributed by atoms with Crippen molar-refractivity contribution in [1.82, 2.24) is 4.57 Å². The minimum Gasteiger partial charge on any atom is -0.394 e. The van der Waals surface area contributed by atoms with Crippen molar-refractivity contribution in [3.63, 3.8) is 0 Å². The lowest BCUT2D eigenvalue weighted by Crippen LogP contribution is -2.56. The van der Waals surface area contributed by atoms with Crippen LogP contribution in [0.15, 0.2) is 48.7 Å². The topological polar surface area (TPSA) is 95.1 Å². The Morgan fingerprint density at radius 1 is 0.933 bits per heavy atom. The van der Waals surface area contributed by atoms with Crippen molar-refractivity contribution in [2.24, 2.45) is 0 Å². The number of aryl methyl sites for hydroxylation is 2. The number of fused-ring (bicyclic) bond motifs is 1. The summed E-state index contributed by atoms with van der Waals surface area (Å²) < 4.78 is 7.62. The maximum Gasteiger partial charge on any atom is 0.163 e. The Labute approximate surface area is 176 Å². The Hall–Kier alpha value is -2.22. The summed E-state index contributed by atoms with van der Waals surface area (Å²) in [6.45, 7) is 3.73. The van der Waals surface area contributed by atoms with E-state index in [9.17, 15) is 20.4 Å². The van der Waals surface area contributed by atoms with E-state index in [2.05, 4.69) is 31.2 Å². The molecule has 5 atom stereocenters. The summed E-state index contributed by atoms with van der Waals surface area (Å²) in [4.78, 5) is 0. The third kappa shape index (κ3) is 3.66. The zero-order chi connectivity index (χ0) is 21.4. The molecule has 0 bridgehead atoms. The van der Waals surface area contributed by atoms with E-state index in [-0.39, 0.29) is 0 Å². The zero-order valence-electron chi connectivity index (χ0n) is 17.3.